The van der Waals surface area contributed by atoms with Crippen LogP contribution in [0.3, 0.4) is 0 Å². The van der Waals surface area contributed by atoms with Crippen molar-refractivity contribution in [1.82, 2.24) is 0 Å². The summed E-state index contributed by atoms with van der Waals surface area (Å²) < 4.78 is 103. The van der Waals surface area contributed by atoms with E-state index in [-0.39, 0.29) is 83.2 Å². The van der Waals surface area contributed by atoms with E-state index in [4.69, 9.17) is 51.6 Å². The zero-order chi connectivity index (χ0) is 63.0. The number of hydrogen-bond donors (Lipinski definition) is 13. The molecule has 28 nitrogen and oxygen atoms in total. The molecule has 3 saturated carbocycles. The maximum Gasteiger partial charge on any atom is 1.00 e. The molecule has 5 aliphatic heterocycles. The summed E-state index contributed by atoms with van der Waals surface area (Å²) in [7, 11) is -5.14. The van der Waals surface area contributed by atoms with E-state index >= 15 is 0 Å². The van der Waals surface area contributed by atoms with Crippen molar-refractivity contribution in [3.63, 3.8) is 0 Å². The first-order chi connectivity index (χ1) is 40.3. The van der Waals surface area contributed by atoms with E-state index in [0.29, 0.717) is 25.7 Å². The van der Waals surface area contributed by atoms with Gasteiger partial charge in [-0.25, -0.2) is 8.42 Å². The molecule has 0 bridgehead atoms. The van der Waals surface area contributed by atoms with Gasteiger partial charge in [0.05, 0.1) is 43.7 Å². The predicted octanol–water partition coefficient (Wildman–Crippen LogP) is -5.77. The molecule has 0 amide bonds. The number of carbonyl (C=O) groups excluding carboxylic acids is 1. The molecule has 87 heavy (non-hydrogen) atoms. The number of aliphatic hydroxyl groups is 13. The molecular formula is C57H93NaO28S. The van der Waals surface area contributed by atoms with E-state index in [1.54, 1.807) is 0 Å². The number of rotatable bonds is 19. The number of hydrogen-bond acceptors (Lipinski definition) is 28. The van der Waals surface area contributed by atoms with Gasteiger partial charge < -0.3 is 118 Å². The summed E-state index contributed by atoms with van der Waals surface area (Å²) in [4.78, 5) is 13.2. The molecule has 34 atom stereocenters. The van der Waals surface area contributed by atoms with Gasteiger partial charge >= 0.3 is 29.6 Å². The predicted molar refractivity (Wildman–Crippen MR) is 288 cm³/mol. The number of aliphatic hydroxyl groups excluding tert-OH is 13. The molecule has 9 rings (SSSR count). The Morgan fingerprint density at radius 1 is 0.586 bits per heavy atom. The van der Waals surface area contributed by atoms with Crippen LogP contribution in [-0.4, -0.2) is 264 Å². The summed E-state index contributed by atoms with van der Waals surface area (Å²) in [6, 6.07) is 0. The van der Waals surface area contributed by atoms with Crippen LogP contribution in [0.2, 0.25) is 0 Å². The van der Waals surface area contributed by atoms with Crippen LogP contribution in [0.5, 0.6) is 0 Å². The minimum atomic E-state index is -5.14. The zero-order valence-corrected chi connectivity index (χ0v) is 53.6. The topological polar surface area (TPSA) is 439 Å². The second kappa shape index (κ2) is 28.7. The first-order valence-electron chi connectivity index (χ1n) is 30.4. The van der Waals surface area contributed by atoms with Crippen molar-refractivity contribution in [2.45, 2.75) is 279 Å². The van der Waals surface area contributed by atoms with E-state index in [0.717, 1.165) is 19.3 Å². The Kier molecular flexibility index (Phi) is 23.9. The molecule has 496 valence electrons. The summed E-state index contributed by atoms with van der Waals surface area (Å²) in [5.74, 6) is 0.269. The summed E-state index contributed by atoms with van der Waals surface area (Å²) >= 11 is 0. The van der Waals surface area contributed by atoms with Crippen LogP contribution < -0.4 is 29.6 Å². The maximum absolute atomic E-state index is 13.2. The molecular weight excluding hydrogens is 1190 g/mol. The van der Waals surface area contributed by atoms with Crippen molar-refractivity contribution in [2.75, 3.05) is 13.2 Å². The van der Waals surface area contributed by atoms with Crippen LogP contribution in [0, 0.1) is 46.3 Å². The van der Waals surface area contributed by atoms with E-state index in [9.17, 15) is 84.1 Å². The quantitative estimate of drug-likeness (QED) is 0.0248. The van der Waals surface area contributed by atoms with Gasteiger partial charge in [-0.15, -0.1) is 0 Å². The van der Waals surface area contributed by atoms with E-state index in [2.05, 4.69) is 26.8 Å². The van der Waals surface area contributed by atoms with Crippen LogP contribution in [0.4, 0.5) is 0 Å². The van der Waals surface area contributed by atoms with Gasteiger partial charge in [0.2, 0.25) is 10.4 Å². The molecule has 4 aliphatic carbocycles. The molecule has 5 heterocycles. The third-order valence-electron chi connectivity index (χ3n) is 20.7. The summed E-state index contributed by atoms with van der Waals surface area (Å²) in [5.41, 5.74) is 0.315. The number of fused-ring (bicyclic) bond motifs is 5. The van der Waals surface area contributed by atoms with Gasteiger partial charge in [-0.3, -0.25) is 8.98 Å². The normalized spacial score (nSPS) is 50.7. The standard InChI is InChI=1S/C57H94O28S.Na/c1-21(2)15-26(60)16-22(3)29-9-10-30-28-18-33(32-17-27(85-86(72,73)74)11-13-57(32,8)31(28)12-14-56(29,30)7)78-53-46(71)48(39(64)35(20-59)79-53)82-54-50(84-52-44(69)41(66)37(62)24(5)76-52)45(70)47(25(6)77-54)81-55-49(42(67)38(63)34(19-58)80-55)83-51-43(68)40(65)36(61)23(4)75-51;/h12,21-25,27-30,32-55,58-59,61-71H,9-11,13-20H2,1-8H3,(H,72,73,74);/q;+1/p-1/t22-,23?,24?,25?,27+,28?,29-,30?,32?,33+,34?,35?,36?,37?,38?,39?,40?,41?,42?,43?,44?,45?,46?,47?,48?,49?,50?,51?,52?,53?,54?,55?,56-,57-;/m1./s1. The smallest absolute Gasteiger partial charge is 0.726 e. The Morgan fingerprint density at radius 3 is 1.68 bits per heavy atom. The Labute approximate surface area is 528 Å². The van der Waals surface area contributed by atoms with Gasteiger partial charge in [-0.2, -0.15) is 0 Å². The Morgan fingerprint density at radius 2 is 1.10 bits per heavy atom. The first kappa shape index (κ1) is 72.2. The average Bonchev–Trinajstić information content (AvgIpc) is 1.72. The number of carbonyl (C=O) groups is 1. The Hall–Kier alpha value is -0.640. The van der Waals surface area contributed by atoms with E-state index in [1.807, 2.05) is 13.8 Å². The van der Waals surface area contributed by atoms with Crippen LogP contribution in [0.25, 0.3) is 0 Å². The minimum Gasteiger partial charge on any atom is -0.726 e. The Bertz CT molecular complexity index is 2430. The van der Waals surface area contributed by atoms with Gasteiger partial charge in [0.15, 0.2) is 31.5 Å². The average molecular weight is 1280 g/mol. The maximum atomic E-state index is 13.2. The fourth-order valence-corrected chi connectivity index (χ4v) is 16.6. The van der Waals surface area contributed by atoms with Crippen molar-refractivity contribution in [2.24, 2.45) is 46.3 Å². The van der Waals surface area contributed by atoms with Crippen molar-refractivity contribution in [3.05, 3.63) is 11.6 Å². The summed E-state index contributed by atoms with van der Waals surface area (Å²) in [6.45, 7) is 12.9. The molecule has 30 heteroatoms. The monoisotopic (exact) mass is 1280 g/mol. The van der Waals surface area contributed by atoms with Gasteiger partial charge in [0, 0.05) is 12.8 Å². The fraction of sp³-hybridized carbons (Fsp3) is 0.947. The summed E-state index contributed by atoms with van der Waals surface area (Å²) in [5, 5.41) is 145. The second-order valence-corrected chi connectivity index (χ2v) is 27.8. The van der Waals surface area contributed by atoms with Crippen LogP contribution in [0.1, 0.15) is 113 Å². The summed E-state index contributed by atoms with van der Waals surface area (Å²) in [6.07, 6.45) is -39.1. The number of Topliss-reactive ketones (excluding diaryl/α,β-unsaturated/α-hetero) is 1. The van der Waals surface area contributed by atoms with Gasteiger partial charge in [-0.05, 0) is 112 Å². The molecule has 0 aromatic carbocycles. The molecule has 5 saturated heterocycles. The molecule has 0 spiro atoms. The third-order valence-corrected chi connectivity index (χ3v) is 21.2. The number of allylic oxidation sites excluding steroid dienone is 2. The van der Waals surface area contributed by atoms with E-state index < -0.39 is 201 Å². The van der Waals surface area contributed by atoms with Gasteiger partial charge in [0.1, 0.15) is 110 Å². The molecule has 8 fully saturated rings. The van der Waals surface area contributed by atoms with Crippen molar-refractivity contribution in [1.29, 1.82) is 0 Å². The van der Waals surface area contributed by atoms with Crippen molar-refractivity contribution >= 4 is 16.2 Å². The largest absolute Gasteiger partial charge is 1.00 e. The van der Waals surface area contributed by atoms with Crippen molar-refractivity contribution < 1.29 is 165 Å². The number of ether oxygens (including phenoxy) is 10. The van der Waals surface area contributed by atoms with Crippen LogP contribution in [-0.2, 0) is 66.7 Å². The van der Waals surface area contributed by atoms with Crippen molar-refractivity contribution in [3.8, 4) is 0 Å². The molecule has 9 aliphatic rings. The van der Waals surface area contributed by atoms with Gasteiger partial charge in [0.25, 0.3) is 0 Å². The minimum absolute atomic E-state index is 0. The second-order valence-electron chi connectivity index (χ2n) is 26.8. The molecule has 13 N–H and O–H groups in total. The molecule has 0 aromatic heterocycles. The molecule has 28 unspecified atom stereocenters. The molecule has 0 radical (unpaired) electrons. The first-order valence-corrected chi connectivity index (χ1v) is 31.8. The van der Waals surface area contributed by atoms with Gasteiger partial charge in [-0.1, -0.05) is 46.3 Å². The number of ketones is 1. The SMILES string of the molecule is CC(C)CC(=O)C[C@@H](C)[C@H]1CCC2C3C[C@H](OC4OC(CO)C(O)C(OC5OC(C)C(OC6OC(CO)C(O)C(O)C6OC6OC(C)C(O)C(O)C6O)C(O)C5OC5OC(C)C(O)C(O)C5O)C4O)C4C[C@@H](OS(=O)(=O)[O-])CC[C@]4(C)C3=CC[C@@]21C.[Na+]. The fourth-order valence-electron chi connectivity index (χ4n) is 16.0. The Balaban J connectivity index is 0.00000982. The molecule has 0 aromatic rings. The van der Waals surface area contributed by atoms with E-state index in [1.165, 1.54) is 26.3 Å². The van der Waals surface area contributed by atoms with Crippen LogP contribution in [0.15, 0.2) is 11.6 Å². The van der Waals surface area contributed by atoms with Crippen LogP contribution >= 0.6 is 0 Å². The zero-order valence-electron chi connectivity index (χ0n) is 50.8. The third kappa shape index (κ3) is 14.6.